The van der Waals surface area contributed by atoms with Gasteiger partial charge in [0, 0.05) is 9.99 Å². The number of ether oxygens (including phenoxy) is 1. The average molecular weight is 477 g/mol. The first-order chi connectivity index (χ1) is 12.2. The van der Waals surface area contributed by atoms with E-state index in [-0.39, 0.29) is 6.42 Å². The third kappa shape index (κ3) is 5.20. The van der Waals surface area contributed by atoms with Crippen LogP contribution in [0.3, 0.4) is 0 Å². The van der Waals surface area contributed by atoms with Gasteiger partial charge < -0.3 is 10.1 Å². The molecule has 0 bridgehead atoms. The lowest BCUT2D eigenvalue weighted by molar-refractivity contribution is -0.142. The van der Waals surface area contributed by atoms with Gasteiger partial charge in [-0.1, -0.05) is 24.3 Å². The third-order valence-corrected chi connectivity index (χ3v) is 4.27. The fourth-order valence-corrected chi connectivity index (χ4v) is 3.01. The van der Waals surface area contributed by atoms with Gasteiger partial charge in [-0.15, -0.1) is 0 Å². The number of rotatable bonds is 5. The maximum absolute atomic E-state index is 13.1. The number of carbonyl (C=O) groups is 2. The second-order valence-corrected chi connectivity index (χ2v) is 6.67. The highest BCUT2D eigenvalue weighted by molar-refractivity contribution is 14.1. The molecule has 0 saturated carbocycles. The minimum Gasteiger partial charge on any atom is -0.467 e. The summed E-state index contributed by atoms with van der Waals surface area (Å²) in [5.41, 5.74) is -0.858. The number of amides is 1. The van der Waals surface area contributed by atoms with Crippen molar-refractivity contribution in [2.24, 2.45) is 0 Å². The van der Waals surface area contributed by atoms with Crippen molar-refractivity contribution >= 4 is 34.5 Å². The van der Waals surface area contributed by atoms with Crippen LogP contribution in [0.1, 0.15) is 21.5 Å². The Morgan fingerprint density at radius 3 is 2.46 bits per heavy atom. The molecule has 0 radical (unpaired) electrons. The largest absolute Gasteiger partial charge is 0.467 e. The molecule has 0 aliphatic heterocycles. The van der Waals surface area contributed by atoms with Gasteiger partial charge in [0.15, 0.2) is 0 Å². The lowest BCUT2D eigenvalue weighted by atomic mass is 10.0. The van der Waals surface area contributed by atoms with Crippen molar-refractivity contribution in [3.63, 3.8) is 0 Å². The van der Waals surface area contributed by atoms with E-state index in [4.69, 9.17) is 0 Å². The summed E-state index contributed by atoms with van der Waals surface area (Å²) < 4.78 is 44.9. The normalized spacial score (nSPS) is 12.3. The molecule has 0 saturated heterocycles. The van der Waals surface area contributed by atoms with E-state index in [1.54, 1.807) is 12.1 Å². The first-order valence-corrected chi connectivity index (χ1v) is 8.59. The lowest BCUT2D eigenvalue weighted by Crippen LogP contribution is -2.43. The fourth-order valence-electron chi connectivity index (χ4n) is 2.40. The number of hydrogen-bond donors (Lipinski definition) is 1. The molecule has 4 nitrogen and oxygen atoms in total. The minimum absolute atomic E-state index is 0.101. The predicted octanol–water partition coefficient (Wildman–Crippen LogP) is 3.82. The van der Waals surface area contributed by atoms with Gasteiger partial charge in [-0.25, -0.2) is 4.79 Å². The van der Waals surface area contributed by atoms with Crippen molar-refractivity contribution in [2.45, 2.75) is 18.6 Å². The van der Waals surface area contributed by atoms with Gasteiger partial charge in [-0.05, 0) is 52.4 Å². The van der Waals surface area contributed by atoms with Crippen molar-refractivity contribution < 1.29 is 27.5 Å². The maximum atomic E-state index is 13.1. The number of alkyl halides is 3. The van der Waals surface area contributed by atoms with Crippen molar-refractivity contribution in [3.8, 4) is 0 Å². The van der Waals surface area contributed by atoms with Crippen LogP contribution in [0.15, 0.2) is 48.5 Å². The van der Waals surface area contributed by atoms with E-state index in [0.717, 1.165) is 28.4 Å². The van der Waals surface area contributed by atoms with Gasteiger partial charge in [0.05, 0.1) is 18.2 Å². The summed E-state index contributed by atoms with van der Waals surface area (Å²) in [6.07, 6.45) is -4.58. The summed E-state index contributed by atoms with van der Waals surface area (Å²) in [5.74, 6) is -1.72. The van der Waals surface area contributed by atoms with E-state index in [1.807, 2.05) is 12.1 Å². The summed E-state index contributed by atoms with van der Waals surface area (Å²) in [5, 5.41) is 2.35. The number of benzene rings is 2. The molecule has 1 amide bonds. The molecule has 0 fully saturated rings. The fraction of sp³-hybridized carbons (Fsp3) is 0.222. The Bertz CT molecular complexity index is 808. The Morgan fingerprint density at radius 1 is 1.15 bits per heavy atom. The van der Waals surface area contributed by atoms with Crippen LogP contribution in [0.25, 0.3) is 0 Å². The van der Waals surface area contributed by atoms with Gasteiger partial charge in [0.2, 0.25) is 0 Å². The van der Waals surface area contributed by atoms with E-state index < -0.39 is 35.2 Å². The lowest BCUT2D eigenvalue weighted by Gasteiger charge is -2.18. The van der Waals surface area contributed by atoms with Crippen LogP contribution >= 0.6 is 22.6 Å². The smallest absolute Gasteiger partial charge is 0.417 e. The van der Waals surface area contributed by atoms with Gasteiger partial charge >= 0.3 is 12.1 Å². The highest BCUT2D eigenvalue weighted by Crippen LogP contribution is 2.31. The topological polar surface area (TPSA) is 55.4 Å². The highest BCUT2D eigenvalue weighted by atomic mass is 127. The predicted molar refractivity (Wildman–Crippen MR) is 97.6 cm³/mol. The summed E-state index contributed by atoms with van der Waals surface area (Å²) >= 11 is 2.10. The van der Waals surface area contributed by atoms with Gasteiger partial charge in [-0.3, -0.25) is 4.79 Å². The molecule has 2 aromatic rings. The Morgan fingerprint density at radius 2 is 1.85 bits per heavy atom. The minimum atomic E-state index is -4.68. The van der Waals surface area contributed by atoms with Crippen LogP contribution in [0.5, 0.6) is 0 Å². The van der Waals surface area contributed by atoms with Crippen molar-refractivity contribution in [1.82, 2.24) is 5.32 Å². The Balaban J connectivity index is 2.26. The SMILES string of the molecule is COC(=O)[C@@H](Cc1cccc(I)c1)NC(=O)c1ccccc1C(F)(F)F. The molecule has 138 valence electrons. The van der Waals surface area contributed by atoms with E-state index >= 15 is 0 Å². The Kier molecular flexibility index (Phi) is 6.63. The zero-order chi connectivity index (χ0) is 19.3. The highest BCUT2D eigenvalue weighted by Gasteiger charge is 2.35. The van der Waals surface area contributed by atoms with Crippen molar-refractivity contribution in [1.29, 1.82) is 0 Å². The van der Waals surface area contributed by atoms with Crippen molar-refractivity contribution in [2.75, 3.05) is 7.11 Å². The molecule has 0 spiro atoms. The Labute approximate surface area is 161 Å². The molecule has 1 atom stereocenters. The molecule has 0 heterocycles. The molecule has 0 aliphatic rings. The Hall–Kier alpha value is -2.10. The summed E-state index contributed by atoms with van der Waals surface area (Å²) in [7, 11) is 1.15. The van der Waals surface area contributed by atoms with E-state index in [9.17, 15) is 22.8 Å². The number of methoxy groups -OCH3 is 1. The molecule has 1 N–H and O–H groups in total. The summed E-state index contributed by atoms with van der Waals surface area (Å²) in [4.78, 5) is 24.4. The first-order valence-electron chi connectivity index (χ1n) is 7.51. The quantitative estimate of drug-likeness (QED) is 0.527. The molecule has 0 unspecified atom stereocenters. The molecule has 0 aromatic heterocycles. The molecule has 2 aromatic carbocycles. The third-order valence-electron chi connectivity index (χ3n) is 3.60. The molecule has 2 rings (SSSR count). The molecular weight excluding hydrogens is 462 g/mol. The maximum Gasteiger partial charge on any atom is 0.417 e. The first kappa shape index (κ1) is 20.2. The molecule has 8 heteroatoms. The number of nitrogens with one attached hydrogen (secondary N) is 1. The zero-order valence-corrected chi connectivity index (χ0v) is 15.8. The van der Waals surface area contributed by atoms with Crippen LogP contribution in [0.2, 0.25) is 0 Å². The number of hydrogen-bond acceptors (Lipinski definition) is 3. The monoisotopic (exact) mass is 477 g/mol. The molecule has 26 heavy (non-hydrogen) atoms. The van der Waals surface area contributed by atoms with Crippen LogP contribution < -0.4 is 5.32 Å². The average Bonchev–Trinajstić information content (AvgIpc) is 2.59. The number of esters is 1. The van der Waals surface area contributed by atoms with Crippen LogP contribution in [0.4, 0.5) is 13.2 Å². The van der Waals surface area contributed by atoms with E-state index in [2.05, 4.69) is 32.6 Å². The number of halogens is 4. The molecule has 0 aliphatic carbocycles. The van der Waals surface area contributed by atoms with Crippen LogP contribution in [0, 0.1) is 3.57 Å². The van der Waals surface area contributed by atoms with Gasteiger partial charge in [0.1, 0.15) is 6.04 Å². The molecular formula is C18H15F3INO3. The number of carbonyl (C=O) groups excluding carboxylic acids is 2. The van der Waals surface area contributed by atoms with E-state index in [1.165, 1.54) is 12.1 Å². The van der Waals surface area contributed by atoms with Crippen LogP contribution in [-0.2, 0) is 22.1 Å². The summed E-state index contributed by atoms with van der Waals surface area (Å²) in [6, 6.07) is 10.5. The second kappa shape index (κ2) is 8.52. The zero-order valence-electron chi connectivity index (χ0n) is 13.6. The van der Waals surface area contributed by atoms with Crippen LogP contribution in [-0.4, -0.2) is 25.0 Å². The standard InChI is InChI=1S/C18H15F3INO3/c1-26-17(25)15(10-11-5-4-6-12(22)9-11)23-16(24)13-7-2-3-8-14(13)18(19,20)21/h2-9,15H,10H2,1H3,(H,23,24)/t15-/m1/s1. The van der Waals surface area contributed by atoms with Crippen molar-refractivity contribution in [3.05, 3.63) is 68.8 Å². The second-order valence-electron chi connectivity index (χ2n) is 5.43. The van der Waals surface area contributed by atoms with E-state index in [0.29, 0.717) is 0 Å². The van der Waals surface area contributed by atoms with Gasteiger partial charge in [0.25, 0.3) is 5.91 Å². The summed E-state index contributed by atoms with van der Waals surface area (Å²) in [6.45, 7) is 0. The van der Waals surface area contributed by atoms with Gasteiger partial charge in [-0.2, -0.15) is 13.2 Å².